The average Bonchev–Trinajstić information content (AvgIpc) is 3.11. The highest BCUT2D eigenvalue weighted by molar-refractivity contribution is 5.80. The molecule has 3 N–H and O–H groups in total. The van der Waals surface area contributed by atoms with E-state index in [-0.39, 0.29) is 17.9 Å². The van der Waals surface area contributed by atoms with E-state index in [0.717, 1.165) is 23.5 Å². The first-order chi connectivity index (χ1) is 11.8. The molecule has 1 aromatic carbocycles. The summed E-state index contributed by atoms with van der Waals surface area (Å²) in [7, 11) is 0. The molecule has 0 spiro atoms. The van der Waals surface area contributed by atoms with E-state index in [1.165, 1.54) is 0 Å². The second-order valence-corrected chi connectivity index (χ2v) is 5.85. The number of carbonyl (C=O) groups is 1. The Hall–Kier alpha value is -1.83. The minimum absolute atomic E-state index is 0.0453. The van der Waals surface area contributed by atoms with Crippen LogP contribution < -0.4 is 25.6 Å². The van der Waals surface area contributed by atoms with Gasteiger partial charge in [-0.25, -0.2) is 5.43 Å². The van der Waals surface area contributed by atoms with Crippen LogP contribution in [0.3, 0.4) is 0 Å². The van der Waals surface area contributed by atoms with Crippen molar-refractivity contribution in [3.8, 4) is 11.5 Å². The van der Waals surface area contributed by atoms with Gasteiger partial charge in [-0.05, 0) is 31.0 Å². The molecule has 0 radical (unpaired) electrons. The molecule has 0 aromatic heterocycles. The van der Waals surface area contributed by atoms with Crippen LogP contribution in [0.4, 0.5) is 0 Å². The third-order valence-electron chi connectivity index (χ3n) is 4.21. The molecule has 1 aromatic rings. The molecule has 1 saturated heterocycles. The van der Waals surface area contributed by atoms with Crippen LogP contribution in [0.1, 0.15) is 24.9 Å². The molecular weight excluding hydrogens is 310 g/mol. The zero-order chi connectivity index (χ0) is 16.8. The Labute approximate surface area is 142 Å². The van der Waals surface area contributed by atoms with Crippen molar-refractivity contribution in [3.63, 3.8) is 0 Å². The summed E-state index contributed by atoms with van der Waals surface area (Å²) in [6, 6.07) is 5.75. The molecule has 24 heavy (non-hydrogen) atoms. The van der Waals surface area contributed by atoms with Gasteiger partial charge < -0.3 is 19.5 Å². The quantitative estimate of drug-likeness (QED) is 0.639. The summed E-state index contributed by atoms with van der Waals surface area (Å²) in [5, 5.41) is 2.99. The first-order valence-corrected chi connectivity index (χ1v) is 8.53. The number of amides is 1. The summed E-state index contributed by atoms with van der Waals surface area (Å²) in [5.74, 6) is 1.37. The van der Waals surface area contributed by atoms with Crippen LogP contribution in [0.15, 0.2) is 18.2 Å². The standard InChI is InChI=1S/C17H25N3O4/c1-2-22-7-3-6-18-17(21)13-11-19-20-16(13)12-4-5-14-15(10-12)24-9-8-23-14/h4-5,10,13,16,19-20H,2-3,6-9,11H2,1H3,(H,18,21). The normalized spacial score (nSPS) is 22.4. The van der Waals surface area contributed by atoms with Crippen LogP contribution in [0.2, 0.25) is 0 Å². The maximum atomic E-state index is 12.5. The van der Waals surface area contributed by atoms with E-state index >= 15 is 0 Å². The van der Waals surface area contributed by atoms with Gasteiger partial charge in [-0.3, -0.25) is 10.2 Å². The summed E-state index contributed by atoms with van der Waals surface area (Å²) < 4.78 is 16.5. The van der Waals surface area contributed by atoms with Crippen molar-refractivity contribution in [2.45, 2.75) is 19.4 Å². The predicted molar refractivity (Wildman–Crippen MR) is 88.9 cm³/mol. The number of hydrazine groups is 1. The molecule has 0 saturated carbocycles. The molecule has 2 aliphatic rings. The van der Waals surface area contributed by atoms with Gasteiger partial charge in [0.25, 0.3) is 0 Å². The average molecular weight is 335 g/mol. The van der Waals surface area contributed by atoms with Crippen molar-refractivity contribution in [2.75, 3.05) is 39.5 Å². The smallest absolute Gasteiger partial charge is 0.226 e. The fourth-order valence-electron chi connectivity index (χ4n) is 2.97. The SMILES string of the molecule is CCOCCCNC(=O)C1CNNC1c1ccc2c(c1)OCCO2. The lowest BCUT2D eigenvalue weighted by molar-refractivity contribution is -0.124. The summed E-state index contributed by atoms with van der Waals surface area (Å²) in [6.45, 7) is 5.69. The monoisotopic (exact) mass is 335 g/mol. The molecule has 2 heterocycles. The topological polar surface area (TPSA) is 80.9 Å². The number of hydrogen-bond donors (Lipinski definition) is 3. The van der Waals surface area contributed by atoms with Crippen molar-refractivity contribution >= 4 is 5.91 Å². The van der Waals surface area contributed by atoms with Crippen LogP contribution in [0, 0.1) is 5.92 Å². The fraction of sp³-hybridized carbons (Fsp3) is 0.588. The molecule has 7 nitrogen and oxygen atoms in total. The van der Waals surface area contributed by atoms with Crippen LogP contribution in [0.25, 0.3) is 0 Å². The number of fused-ring (bicyclic) bond motifs is 1. The third-order valence-corrected chi connectivity index (χ3v) is 4.21. The van der Waals surface area contributed by atoms with Gasteiger partial charge in [0.05, 0.1) is 12.0 Å². The molecule has 1 fully saturated rings. The van der Waals surface area contributed by atoms with Crippen molar-refractivity contribution in [1.82, 2.24) is 16.2 Å². The number of nitrogens with one attached hydrogen (secondary N) is 3. The molecule has 0 aliphatic carbocycles. The van der Waals surface area contributed by atoms with Crippen LogP contribution in [-0.4, -0.2) is 45.4 Å². The lowest BCUT2D eigenvalue weighted by atomic mass is 9.94. The van der Waals surface area contributed by atoms with Crippen molar-refractivity contribution < 1.29 is 19.0 Å². The second kappa shape index (κ2) is 8.32. The van der Waals surface area contributed by atoms with E-state index in [1.54, 1.807) is 0 Å². The summed E-state index contributed by atoms with van der Waals surface area (Å²) in [4.78, 5) is 12.5. The van der Waals surface area contributed by atoms with Gasteiger partial charge in [-0.15, -0.1) is 0 Å². The fourth-order valence-corrected chi connectivity index (χ4v) is 2.97. The zero-order valence-corrected chi connectivity index (χ0v) is 14.0. The minimum atomic E-state index is -0.167. The number of rotatable bonds is 7. The summed E-state index contributed by atoms with van der Waals surface area (Å²) in [5.41, 5.74) is 7.29. The Morgan fingerprint density at radius 1 is 1.33 bits per heavy atom. The van der Waals surface area contributed by atoms with E-state index in [0.29, 0.717) is 39.5 Å². The summed E-state index contributed by atoms with van der Waals surface area (Å²) in [6.07, 6.45) is 0.821. The Bertz CT molecular complexity index is 567. The number of hydrogen-bond acceptors (Lipinski definition) is 6. The third kappa shape index (κ3) is 3.98. The molecule has 2 atom stereocenters. The van der Waals surface area contributed by atoms with Crippen molar-refractivity contribution in [3.05, 3.63) is 23.8 Å². The number of ether oxygens (including phenoxy) is 3. The van der Waals surface area contributed by atoms with Gasteiger partial charge in [-0.2, -0.15) is 0 Å². The lowest BCUT2D eigenvalue weighted by Gasteiger charge is -2.22. The Morgan fingerprint density at radius 3 is 3.00 bits per heavy atom. The molecule has 0 bridgehead atoms. The second-order valence-electron chi connectivity index (χ2n) is 5.85. The number of carbonyl (C=O) groups excluding carboxylic acids is 1. The Balaban J connectivity index is 1.59. The molecule has 2 aliphatic heterocycles. The van der Waals surface area contributed by atoms with Crippen molar-refractivity contribution in [2.24, 2.45) is 5.92 Å². The van der Waals surface area contributed by atoms with Gasteiger partial charge >= 0.3 is 0 Å². The predicted octanol–water partition coefficient (Wildman–Crippen LogP) is 0.766. The highest BCUT2D eigenvalue weighted by Gasteiger charge is 2.34. The highest BCUT2D eigenvalue weighted by atomic mass is 16.6. The van der Waals surface area contributed by atoms with Crippen molar-refractivity contribution in [1.29, 1.82) is 0 Å². The molecule has 2 unspecified atom stereocenters. The van der Waals surface area contributed by atoms with E-state index in [4.69, 9.17) is 14.2 Å². The van der Waals surface area contributed by atoms with Gasteiger partial charge in [-0.1, -0.05) is 6.07 Å². The zero-order valence-electron chi connectivity index (χ0n) is 14.0. The van der Waals surface area contributed by atoms with E-state index in [1.807, 2.05) is 25.1 Å². The maximum Gasteiger partial charge on any atom is 0.226 e. The van der Waals surface area contributed by atoms with E-state index in [9.17, 15) is 4.79 Å². The number of benzene rings is 1. The Morgan fingerprint density at radius 2 is 2.17 bits per heavy atom. The van der Waals surface area contributed by atoms with E-state index in [2.05, 4.69) is 16.2 Å². The molecule has 3 rings (SSSR count). The maximum absolute atomic E-state index is 12.5. The minimum Gasteiger partial charge on any atom is -0.486 e. The first kappa shape index (κ1) is 17.0. The van der Waals surface area contributed by atoms with Crippen LogP contribution in [0.5, 0.6) is 11.5 Å². The molecular formula is C17H25N3O4. The van der Waals surface area contributed by atoms with E-state index < -0.39 is 0 Å². The van der Waals surface area contributed by atoms with Gasteiger partial charge in [0.15, 0.2) is 11.5 Å². The lowest BCUT2D eigenvalue weighted by Crippen LogP contribution is -2.36. The Kier molecular flexibility index (Phi) is 5.90. The molecule has 1 amide bonds. The first-order valence-electron chi connectivity index (χ1n) is 8.53. The van der Waals surface area contributed by atoms with Gasteiger partial charge in [0.2, 0.25) is 5.91 Å². The highest BCUT2D eigenvalue weighted by Crippen LogP contribution is 2.35. The molecule has 7 heteroatoms. The molecule has 132 valence electrons. The largest absolute Gasteiger partial charge is 0.486 e. The van der Waals surface area contributed by atoms with Gasteiger partial charge in [0, 0.05) is 26.3 Å². The van der Waals surface area contributed by atoms with Crippen LogP contribution >= 0.6 is 0 Å². The van der Waals surface area contributed by atoms with Gasteiger partial charge in [0.1, 0.15) is 13.2 Å². The van der Waals surface area contributed by atoms with Crippen LogP contribution in [-0.2, 0) is 9.53 Å². The summed E-state index contributed by atoms with van der Waals surface area (Å²) >= 11 is 0.